The number of ketones is 1. The Morgan fingerprint density at radius 1 is 1.67 bits per heavy atom. The van der Waals surface area contributed by atoms with Gasteiger partial charge < -0.3 is 4.90 Å². The third-order valence-corrected chi connectivity index (χ3v) is 4.06. The second kappa shape index (κ2) is 2.76. The number of amides is 1. The van der Waals surface area contributed by atoms with Crippen LogP contribution in [0, 0.1) is 0 Å². The predicted molar refractivity (Wildman–Crippen MR) is 46.8 cm³/mol. The molecule has 2 fully saturated rings. The van der Waals surface area contributed by atoms with Crippen LogP contribution in [0.15, 0.2) is 0 Å². The van der Waals surface area contributed by atoms with Gasteiger partial charge in [-0.3, -0.25) is 9.59 Å². The second-order valence-corrected chi connectivity index (χ2v) is 4.66. The van der Waals surface area contributed by atoms with Gasteiger partial charge in [0, 0.05) is 6.54 Å². The topological polar surface area (TPSA) is 37.4 Å². The summed E-state index contributed by atoms with van der Waals surface area (Å²) in [6.45, 7) is 2.41. The van der Waals surface area contributed by atoms with E-state index in [1.54, 1.807) is 18.7 Å². The largest absolute Gasteiger partial charge is 0.330 e. The van der Waals surface area contributed by atoms with Crippen LogP contribution >= 0.6 is 11.8 Å². The SMILES string of the molecule is CC(=O)C1CCN2C(=O)C[C@H]2S1. The molecule has 66 valence electrons. The average Bonchev–Trinajstić information content (AvgIpc) is 2.01. The van der Waals surface area contributed by atoms with Crippen molar-refractivity contribution >= 4 is 23.5 Å². The molecule has 3 nitrogen and oxygen atoms in total. The Kier molecular flexibility index (Phi) is 1.87. The molecular formula is C8H11NO2S. The van der Waals surface area contributed by atoms with Gasteiger partial charge in [-0.1, -0.05) is 0 Å². The highest BCUT2D eigenvalue weighted by atomic mass is 32.2. The van der Waals surface area contributed by atoms with Gasteiger partial charge in [-0.25, -0.2) is 0 Å². The van der Waals surface area contributed by atoms with Crippen LogP contribution in [-0.4, -0.2) is 33.8 Å². The van der Waals surface area contributed by atoms with E-state index in [-0.39, 0.29) is 16.9 Å². The van der Waals surface area contributed by atoms with Gasteiger partial charge in [0.25, 0.3) is 0 Å². The third kappa shape index (κ3) is 1.14. The first kappa shape index (κ1) is 8.10. The molecule has 2 heterocycles. The van der Waals surface area contributed by atoms with E-state index in [4.69, 9.17) is 0 Å². The summed E-state index contributed by atoms with van der Waals surface area (Å²) in [6, 6.07) is 0. The van der Waals surface area contributed by atoms with E-state index >= 15 is 0 Å². The Balaban J connectivity index is 1.97. The standard InChI is InChI=1S/C8H11NO2S/c1-5(10)6-2-3-9-7(11)4-8(9)12-6/h6,8H,2-4H2,1H3/t6?,8-/m1/s1. The molecule has 2 atom stereocenters. The van der Waals surface area contributed by atoms with Crippen LogP contribution in [0.2, 0.25) is 0 Å². The lowest BCUT2D eigenvalue weighted by Crippen LogP contribution is -2.55. The highest BCUT2D eigenvalue weighted by molar-refractivity contribution is 8.01. The fraction of sp³-hybridized carbons (Fsp3) is 0.750. The first-order chi connectivity index (χ1) is 5.68. The molecular weight excluding hydrogens is 174 g/mol. The number of rotatable bonds is 1. The quantitative estimate of drug-likeness (QED) is 0.563. The summed E-state index contributed by atoms with van der Waals surface area (Å²) in [5.41, 5.74) is 0. The summed E-state index contributed by atoms with van der Waals surface area (Å²) < 4.78 is 0. The van der Waals surface area contributed by atoms with Crippen molar-refractivity contribution < 1.29 is 9.59 Å². The van der Waals surface area contributed by atoms with Crippen molar-refractivity contribution in [3.8, 4) is 0 Å². The molecule has 0 bridgehead atoms. The monoisotopic (exact) mass is 185 g/mol. The van der Waals surface area contributed by atoms with Crippen LogP contribution in [0.1, 0.15) is 19.8 Å². The minimum Gasteiger partial charge on any atom is -0.330 e. The molecule has 0 N–H and O–H groups in total. The van der Waals surface area contributed by atoms with Crippen LogP contribution in [0.5, 0.6) is 0 Å². The molecule has 0 spiro atoms. The fourth-order valence-electron chi connectivity index (χ4n) is 1.63. The lowest BCUT2D eigenvalue weighted by Gasteiger charge is -2.45. The average molecular weight is 185 g/mol. The predicted octanol–water partition coefficient (Wildman–Crippen LogP) is 0.639. The van der Waals surface area contributed by atoms with Crippen LogP contribution in [-0.2, 0) is 9.59 Å². The van der Waals surface area contributed by atoms with Gasteiger partial charge in [0.05, 0.1) is 17.0 Å². The number of carbonyl (C=O) groups is 2. The van der Waals surface area contributed by atoms with Gasteiger partial charge in [0.1, 0.15) is 5.78 Å². The first-order valence-electron chi connectivity index (χ1n) is 4.14. The Bertz CT molecular complexity index is 241. The Morgan fingerprint density at radius 2 is 2.42 bits per heavy atom. The lowest BCUT2D eigenvalue weighted by molar-refractivity contribution is -0.142. The van der Waals surface area contributed by atoms with Gasteiger partial charge >= 0.3 is 0 Å². The molecule has 2 saturated heterocycles. The van der Waals surface area contributed by atoms with Crippen molar-refractivity contribution in [3.05, 3.63) is 0 Å². The number of hydrogen-bond acceptors (Lipinski definition) is 3. The summed E-state index contributed by atoms with van der Waals surface area (Å²) in [7, 11) is 0. The number of thioether (sulfide) groups is 1. The second-order valence-electron chi connectivity index (χ2n) is 3.27. The molecule has 1 amide bonds. The smallest absolute Gasteiger partial charge is 0.226 e. The zero-order valence-corrected chi connectivity index (χ0v) is 7.76. The summed E-state index contributed by atoms with van der Waals surface area (Å²) >= 11 is 1.65. The summed E-state index contributed by atoms with van der Waals surface area (Å²) in [5, 5.41) is 0.444. The zero-order valence-electron chi connectivity index (χ0n) is 6.95. The van der Waals surface area contributed by atoms with Gasteiger partial charge in [0.2, 0.25) is 5.91 Å². The maximum Gasteiger partial charge on any atom is 0.226 e. The minimum absolute atomic E-state index is 0.138. The van der Waals surface area contributed by atoms with Crippen LogP contribution in [0.3, 0.4) is 0 Å². The molecule has 2 rings (SSSR count). The highest BCUT2D eigenvalue weighted by Crippen LogP contribution is 2.38. The highest BCUT2D eigenvalue weighted by Gasteiger charge is 2.42. The third-order valence-electron chi connectivity index (χ3n) is 2.42. The summed E-state index contributed by atoms with van der Waals surface area (Å²) in [5.74, 6) is 0.494. The fourth-order valence-corrected chi connectivity index (χ4v) is 3.05. The molecule has 0 aromatic rings. The van der Waals surface area contributed by atoms with Gasteiger partial charge in [-0.15, -0.1) is 11.8 Å². The number of fused-ring (bicyclic) bond motifs is 1. The molecule has 0 aromatic carbocycles. The van der Waals surface area contributed by atoms with Gasteiger partial charge in [-0.2, -0.15) is 0 Å². The number of hydrogen-bond donors (Lipinski definition) is 0. The Hall–Kier alpha value is -0.510. The van der Waals surface area contributed by atoms with Crippen LogP contribution in [0.25, 0.3) is 0 Å². The first-order valence-corrected chi connectivity index (χ1v) is 5.08. The van der Waals surface area contributed by atoms with Crippen molar-refractivity contribution in [3.63, 3.8) is 0 Å². The van der Waals surface area contributed by atoms with E-state index in [0.717, 1.165) is 13.0 Å². The zero-order chi connectivity index (χ0) is 8.72. The van der Waals surface area contributed by atoms with E-state index in [2.05, 4.69) is 0 Å². The van der Waals surface area contributed by atoms with E-state index in [1.807, 2.05) is 4.90 Å². The van der Waals surface area contributed by atoms with Gasteiger partial charge in [-0.05, 0) is 13.3 Å². The van der Waals surface area contributed by atoms with Gasteiger partial charge in [0.15, 0.2) is 0 Å². The van der Waals surface area contributed by atoms with Crippen molar-refractivity contribution in [2.24, 2.45) is 0 Å². The van der Waals surface area contributed by atoms with Crippen molar-refractivity contribution in [1.82, 2.24) is 4.90 Å². The Morgan fingerprint density at radius 3 is 2.92 bits per heavy atom. The number of carbonyl (C=O) groups excluding carboxylic acids is 2. The van der Waals surface area contributed by atoms with E-state index < -0.39 is 0 Å². The van der Waals surface area contributed by atoms with Crippen molar-refractivity contribution in [2.45, 2.75) is 30.4 Å². The maximum absolute atomic E-state index is 11.0. The molecule has 12 heavy (non-hydrogen) atoms. The number of β-lactam (4-membered cyclic amide) rings is 1. The van der Waals surface area contributed by atoms with Crippen LogP contribution in [0.4, 0.5) is 0 Å². The molecule has 0 saturated carbocycles. The number of Topliss-reactive ketones (excluding diaryl/α,β-unsaturated/α-hetero) is 1. The van der Waals surface area contributed by atoms with Crippen molar-refractivity contribution in [1.29, 1.82) is 0 Å². The van der Waals surface area contributed by atoms with E-state index in [0.29, 0.717) is 11.8 Å². The molecule has 0 aliphatic carbocycles. The van der Waals surface area contributed by atoms with E-state index in [1.165, 1.54) is 0 Å². The van der Waals surface area contributed by atoms with E-state index in [9.17, 15) is 9.59 Å². The Labute approximate surface area is 75.5 Å². The molecule has 0 aromatic heterocycles. The maximum atomic E-state index is 11.0. The number of nitrogens with zero attached hydrogens (tertiary/aromatic N) is 1. The molecule has 2 aliphatic heterocycles. The summed E-state index contributed by atoms with van der Waals surface area (Å²) in [6.07, 6.45) is 1.47. The molecule has 4 heteroatoms. The molecule has 0 radical (unpaired) electrons. The minimum atomic E-state index is 0.138. The van der Waals surface area contributed by atoms with Crippen LogP contribution < -0.4 is 0 Å². The molecule has 1 unspecified atom stereocenters. The van der Waals surface area contributed by atoms with Crippen molar-refractivity contribution in [2.75, 3.05) is 6.54 Å². The normalized spacial score (nSPS) is 34.1. The summed E-state index contributed by atoms with van der Waals surface area (Å²) in [4.78, 5) is 23.9. The molecule has 2 aliphatic rings. The lowest BCUT2D eigenvalue weighted by atomic mass is 10.1.